The second-order valence-corrected chi connectivity index (χ2v) is 3.83. The molecule has 0 radical (unpaired) electrons. The van der Waals surface area contributed by atoms with Gasteiger partial charge in [0.1, 0.15) is 0 Å². The maximum Gasteiger partial charge on any atom is 0.226 e. The zero-order valence-electron chi connectivity index (χ0n) is 10.7. The Labute approximate surface area is 108 Å². The van der Waals surface area contributed by atoms with Gasteiger partial charge in [-0.05, 0) is 30.7 Å². The molecule has 0 spiro atoms. The van der Waals surface area contributed by atoms with Crippen molar-refractivity contribution in [3.05, 3.63) is 29.3 Å². The van der Waals surface area contributed by atoms with Crippen LogP contribution >= 0.6 is 0 Å². The lowest BCUT2D eigenvalue weighted by Crippen LogP contribution is -2.14. The number of hydrogen-bond acceptors (Lipinski definition) is 3. The molecule has 3 N–H and O–H groups in total. The van der Waals surface area contributed by atoms with Gasteiger partial charge in [0.2, 0.25) is 5.91 Å². The number of rotatable bonds is 4. The number of nitrogens with two attached hydrogens (primary N) is 1. The normalized spacial score (nSPS) is 9.50. The number of carbonyl (C=O) groups is 1. The van der Waals surface area contributed by atoms with Crippen LogP contribution in [-0.4, -0.2) is 26.2 Å². The lowest BCUT2D eigenvalue weighted by Gasteiger charge is -2.08. The summed E-state index contributed by atoms with van der Waals surface area (Å²) in [4.78, 5) is 11.5. The minimum absolute atomic E-state index is 0.0549. The van der Waals surface area contributed by atoms with E-state index in [1.165, 1.54) is 0 Å². The Balaban J connectivity index is 2.70. The summed E-state index contributed by atoms with van der Waals surface area (Å²) >= 11 is 0. The predicted molar refractivity (Wildman–Crippen MR) is 72.2 cm³/mol. The maximum absolute atomic E-state index is 11.5. The summed E-state index contributed by atoms with van der Waals surface area (Å²) in [5, 5.41) is 2.84. The van der Waals surface area contributed by atoms with Gasteiger partial charge in [0.05, 0.1) is 19.6 Å². The summed E-state index contributed by atoms with van der Waals surface area (Å²) in [6.45, 7) is 2.69. The monoisotopic (exact) mass is 246 g/mol. The van der Waals surface area contributed by atoms with Gasteiger partial charge in [-0.25, -0.2) is 0 Å². The van der Waals surface area contributed by atoms with Crippen LogP contribution in [-0.2, 0) is 9.53 Å². The van der Waals surface area contributed by atoms with E-state index in [1.807, 2.05) is 25.1 Å². The molecule has 1 amide bonds. The van der Waals surface area contributed by atoms with Gasteiger partial charge in [-0.1, -0.05) is 11.8 Å². The SMILES string of the molecule is COCCC(=O)Nc1ccc(C#CCN)cc1C. The highest BCUT2D eigenvalue weighted by molar-refractivity contribution is 5.91. The van der Waals surface area contributed by atoms with Crippen molar-refractivity contribution in [2.75, 3.05) is 25.6 Å². The molecule has 0 heterocycles. The first-order valence-corrected chi connectivity index (χ1v) is 5.75. The van der Waals surface area contributed by atoms with Crippen LogP contribution < -0.4 is 11.1 Å². The molecule has 0 saturated carbocycles. The van der Waals surface area contributed by atoms with Gasteiger partial charge < -0.3 is 15.8 Å². The molecule has 0 atom stereocenters. The van der Waals surface area contributed by atoms with Gasteiger partial charge in [0.25, 0.3) is 0 Å². The Morgan fingerprint density at radius 2 is 2.28 bits per heavy atom. The topological polar surface area (TPSA) is 64.3 Å². The average Bonchev–Trinajstić information content (AvgIpc) is 2.36. The third-order valence-corrected chi connectivity index (χ3v) is 2.37. The highest BCUT2D eigenvalue weighted by Gasteiger charge is 2.04. The summed E-state index contributed by atoms with van der Waals surface area (Å²) in [5.74, 6) is 5.69. The second kappa shape index (κ2) is 7.49. The van der Waals surface area contributed by atoms with E-state index in [0.717, 1.165) is 16.8 Å². The molecule has 0 aliphatic rings. The third-order valence-electron chi connectivity index (χ3n) is 2.37. The van der Waals surface area contributed by atoms with Crippen molar-refractivity contribution in [1.82, 2.24) is 0 Å². The van der Waals surface area contributed by atoms with Crippen molar-refractivity contribution in [2.45, 2.75) is 13.3 Å². The van der Waals surface area contributed by atoms with Crippen LogP contribution in [0.3, 0.4) is 0 Å². The molecule has 4 nitrogen and oxygen atoms in total. The highest BCUT2D eigenvalue weighted by Crippen LogP contribution is 2.16. The van der Waals surface area contributed by atoms with Crippen LogP contribution in [0.2, 0.25) is 0 Å². The summed E-state index contributed by atoms with van der Waals surface area (Å²) in [5.41, 5.74) is 7.99. The van der Waals surface area contributed by atoms with Gasteiger partial charge in [0.15, 0.2) is 0 Å². The number of aryl methyl sites for hydroxylation is 1. The first-order valence-electron chi connectivity index (χ1n) is 5.75. The Bertz CT molecular complexity index is 472. The summed E-state index contributed by atoms with van der Waals surface area (Å²) in [7, 11) is 1.57. The van der Waals surface area contributed by atoms with E-state index in [9.17, 15) is 4.79 Å². The number of anilines is 1. The summed E-state index contributed by atoms with van der Waals surface area (Å²) in [6.07, 6.45) is 0.352. The van der Waals surface area contributed by atoms with E-state index in [-0.39, 0.29) is 5.91 Å². The molecular formula is C14H18N2O2. The van der Waals surface area contributed by atoms with E-state index >= 15 is 0 Å². The molecule has 1 aromatic rings. The van der Waals surface area contributed by atoms with Crippen molar-refractivity contribution >= 4 is 11.6 Å². The number of ether oxygens (including phenoxy) is 1. The quantitative estimate of drug-likeness (QED) is 0.787. The summed E-state index contributed by atoms with van der Waals surface area (Å²) in [6, 6.07) is 5.64. The highest BCUT2D eigenvalue weighted by atomic mass is 16.5. The number of nitrogens with one attached hydrogen (secondary N) is 1. The Hall–Kier alpha value is -1.83. The van der Waals surface area contributed by atoms with E-state index in [0.29, 0.717) is 19.6 Å². The molecule has 1 aromatic carbocycles. The molecule has 4 heteroatoms. The molecular weight excluding hydrogens is 228 g/mol. The van der Waals surface area contributed by atoms with Crippen molar-refractivity contribution in [2.24, 2.45) is 5.73 Å². The first kappa shape index (κ1) is 14.2. The Kier molecular flexibility index (Phi) is 5.92. The molecule has 1 rings (SSSR count). The van der Waals surface area contributed by atoms with Crippen LogP contribution in [0.5, 0.6) is 0 Å². The van der Waals surface area contributed by atoms with E-state index in [2.05, 4.69) is 17.2 Å². The van der Waals surface area contributed by atoms with E-state index < -0.39 is 0 Å². The first-order chi connectivity index (χ1) is 8.67. The molecule has 0 unspecified atom stereocenters. The molecule has 0 bridgehead atoms. The van der Waals surface area contributed by atoms with Crippen LogP contribution in [0.1, 0.15) is 17.5 Å². The van der Waals surface area contributed by atoms with Crippen molar-refractivity contribution in [1.29, 1.82) is 0 Å². The number of hydrogen-bond donors (Lipinski definition) is 2. The zero-order valence-corrected chi connectivity index (χ0v) is 10.7. The van der Waals surface area contributed by atoms with Crippen molar-refractivity contribution in [3.8, 4) is 11.8 Å². The van der Waals surface area contributed by atoms with Gasteiger partial charge in [-0.15, -0.1) is 0 Å². The Morgan fingerprint density at radius 3 is 2.89 bits per heavy atom. The molecule has 0 aliphatic heterocycles. The fraction of sp³-hybridized carbons (Fsp3) is 0.357. The molecule has 0 aromatic heterocycles. The minimum atomic E-state index is -0.0549. The van der Waals surface area contributed by atoms with Gasteiger partial charge >= 0.3 is 0 Å². The number of carbonyl (C=O) groups excluding carboxylic acids is 1. The fourth-order valence-corrected chi connectivity index (χ4v) is 1.44. The van der Waals surface area contributed by atoms with Gasteiger partial charge in [0, 0.05) is 18.4 Å². The lowest BCUT2D eigenvalue weighted by molar-refractivity contribution is -0.117. The van der Waals surface area contributed by atoms with Gasteiger partial charge in [-0.2, -0.15) is 0 Å². The number of amides is 1. The van der Waals surface area contributed by atoms with Crippen LogP contribution in [0.15, 0.2) is 18.2 Å². The van der Waals surface area contributed by atoms with Crippen LogP contribution in [0.4, 0.5) is 5.69 Å². The van der Waals surface area contributed by atoms with E-state index in [4.69, 9.17) is 10.5 Å². The average molecular weight is 246 g/mol. The van der Waals surface area contributed by atoms with Crippen LogP contribution in [0, 0.1) is 18.8 Å². The minimum Gasteiger partial charge on any atom is -0.384 e. The molecule has 96 valence electrons. The molecule has 0 aliphatic carbocycles. The number of benzene rings is 1. The fourth-order valence-electron chi connectivity index (χ4n) is 1.44. The van der Waals surface area contributed by atoms with Crippen LogP contribution in [0.25, 0.3) is 0 Å². The largest absolute Gasteiger partial charge is 0.384 e. The summed E-state index contributed by atoms with van der Waals surface area (Å²) < 4.78 is 4.85. The van der Waals surface area contributed by atoms with Gasteiger partial charge in [-0.3, -0.25) is 4.79 Å². The zero-order chi connectivity index (χ0) is 13.4. The standard InChI is InChI=1S/C14H18N2O2/c1-11-10-12(4-3-8-15)5-6-13(11)16-14(17)7-9-18-2/h5-6,10H,7-9,15H2,1-2H3,(H,16,17). The second-order valence-electron chi connectivity index (χ2n) is 3.83. The maximum atomic E-state index is 11.5. The Morgan fingerprint density at radius 1 is 1.50 bits per heavy atom. The van der Waals surface area contributed by atoms with Crippen molar-refractivity contribution < 1.29 is 9.53 Å². The molecule has 0 fully saturated rings. The lowest BCUT2D eigenvalue weighted by atomic mass is 10.1. The predicted octanol–water partition coefficient (Wildman–Crippen LogP) is 1.28. The van der Waals surface area contributed by atoms with E-state index in [1.54, 1.807) is 7.11 Å². The smallest absolute Gasteiger partial charge is 0.226 e. The molecule has 0 saturated heterocycles. The van der Waals surface area contributed by atoms with Crippen molar-refractivity contribution in [3.63, 3.8) is 0 Å². The molecule has 18 heavy (non-hydrogen) atoms. The number of methoxy groups -OCH3 is 1. The third kappa shape index (κ3) is 4.58.